The van der Waals surface area contributed by atoms with E-state index in [4.69, 9.17) is 0 Å². The van der Waals surface area contributed by atoms with E-state index in [0.29, 0.717) is 5.56 Å². The Labute approximate surface area is 133 Å². The lowest BCUT2D eigenvalue weighted by atomic mass is 10.1. The summed E-state index contributed by atoms with van der Waals surface area (Å²) in [5.74, 6) is 0.664. The molecule has 0 radical (unpaired) electrons. The van der Waals surface area contributed by atoms with Gasteiger partial charge in [-0.05, 0) is 44.0 Å². The SMILES string of the molecule is C[C@@H](Sc1nnc2n1CCCCC2)C(=O)c1ccc(F)cc1. The third-order valence-corrected chi connectivity index (χ3v) is 4.94. The predicted octanol–water partition coefficient (Wildman–Crippen LogP) is 3.51. The molecule has 2 aromatic rings. The summed E-state index contributed by atoms with van der Waals surface area (Å²) in [6.07, 6.45) is 4.43. The van der Waals surface area contributed by atoms with Gasteiger partial charge in [-0.25, -0.2) is 4.39 Å². The van der Waals surface area contributed by atoms with Crippen molar-refractivity contribution in [3.05, 3.63) is 41.5 Å². The summed E-state index contributed by atoms with van der Waals surface area (Å²) in [5.41, 5.74) is 0.525. The van der Waals surface area contributed by atoms with Crippen LogP contribution in [0.3, 0.4) is 0 Å². The van der Waals surface area contributed by atoms with Gasteiger partial charge in [-0.2, -0.15) is 0 Å². The zero-order valence-corrected chi connectivity index (χ0v) is 13.3. The first-order valence-electron chi connectivity index (χ1n) is 7.53. The molecule has 2 heterocycles. The molecule has 1 atom stereocenters. The van der Waals surface area contributed by atoms with Gasteiger partial charge in [0.1, 0.15) is 11.6 Å². The number of aryl methyl sites for hydroxylation is 1. The Morgan fingerprint density at radius 2 is 2.00 bits per heavy atom. The minimum Gasteiger partial charge on any atom is -0.306 e. The van der Waals surface area contributed by atoms with E-state index in [-0.39, 0.29) is 16.9 Å². The van der Waals surface area contributed by atoms with E-state index in [0.717, 1.165) is 36.8 Å². The molecule has 0 spiro atoms. The van der Waals surface area contributed by atoms with Crippen molar-refractivity contribution in [2.75, 3.05) is 0 Å². The number of hydrogen-bond acceptors (Lipinski definition) is 4. The number of thioether (sulfide) groups is 1. The lowest BCUT2D eigenvalue weighted by Crippen LogP contribution is -2.15. The zero-order chi connectivity index (χ0) is 15.5. The van der Waals surface area contributed by atoms with Gasteiger partial charge in [0.2, 0.25) is 0 Å². The molecule has 6 heteroatoms. The van der Waals surface area contributed by atoms with E-state index >= 15 is 0 Å². The van der Waals surface area contributed by atoms with Gasteiger partial charge in [-0.1, -0.05) is 18.2 Å². The van der Waals surface area contributed by atoms with Crippen molar-refractivity contribution in [2.24, 2.45) is 0 Å². The highest BCUT2D eigenvalue weighted by molar-refractivity contribution is 8.00. The Morgan fingerprint density at radius 1 is 1.23 bits per heavy atom. The first-order chi connectivity index (χ1) is 10.6. The quantitative estimate of drug-likeness (QED) is 0.639. The summed E-state index contributed by atoms with van der Waals surface area (Å²) in [5, 5.41) is 9.01. The number of nitrogens with zero attached hydrogens (tertiary/aromatic N) is 3. The molecular formula is C16H18FN3OS. The van der Waals surface area contributed by atoms with Gasteiger partial charge in [-0.15, -0.1) is 10.2 Å². The van der Waals surface area contributed by atoms with E-state index in [9.17, 15) is 9.18 Å². The third kappa shape index (κ3) is 3.21. The molecule has 0 amide bonds. The summed E-state index contributed by atoms with van der Waals surface area (Å²) in [7, 11) is 0. The maximum Gasteiger partial charge on any atom is 0.191 e. The van der Waals surface area contributed by atoms with Crippen molar-refractivity contribution in [1.82, 2.24) is 14.8 Å². The van der Waals surface area contributed by atoms with Crippen molar-refractivity contribution >= 4 is 17.5 Å². The minimum atomic E-state index is -0.334. The highest BCUT2D eigenvalue weighted by Crippen LogP contribution is 2.27. The highest BCUT2D eigenvalue weighted by Gasteiger charge is 2.21. The molecule has 0 saturated carbocycles. The summed E-state index contributed by atoms with van der Waals surface area (Å²) in [6.45, 7) is 2.77. The van der Waals surface area contributed by atoms with Gasteiger partial charge in [0, 0.05) is 18.5 Å². The lowest BCUT2D eigenvalue weighted by molar-refractivity contribution is 0.0994. The monoisotopic (exact) mass is 319 g/mol. The van der Waals surface area contributed by atoms with Crippen LogP contribution in [0.5, 0.6) is 0 Å². The van der Waals surface area contributed by atoms with Crippen LogP contribution < -0.4 is 0 Å². The molecule has 4 nitrogen and oxygen atoms in total. The fourth-order valence-corrected chi connectivity index (χ4v) is 3.58. The van der Waals surface area contributed by atoms with Gasteiger partial charge in [-0.3, -0.25) is 4.79 Å². The smallest absolute Gasteiger partial charge is 0.191 e. The number of hydrogen-bond donors (Lipinski definition) is 0. The van der Waals surface area contributed by atoms with E-state index < -0.39 is 0 Å². The molecule has 1 aromatic heterocycles. The van der Waals surface area contributed by atoms with Crippen molar-refractivity contribution in [2.45, 2.75) is 49.6 Å². The zero-order valence-electron chi connectivity index (χ0n) is 12.5. The lowest BCUT2D eigenvalue weighted by Gasteiger charge is -2.11. The van der Waals surface area contributed by atoms with Crippen LogP contribution in [0.15, 0.2) is 29.4 Å². The van der Waals surface area contributed by atoms with Crippen LogP contribution in [-0.4, -0.2) is 25.8 Å². The Bertz CT molecular complexity index is 669. The minimum absolute atomic E-state index is 0.0176. The largest absolute Gasteiger partial charge is 0.306 e. The Morgan fingerprint density at radius 3 is 2.77 bits per heavy atom. The fourth-order valence-electron chi connectivity index (χ4n) is 2.61. The summed E-state index contributed by atoms with van der Waals surface area (Å²) in [6, 6.07) is 5.68. The Kier molecular flexibility index (Phi) is 4.57. The molecule has 0 bridgehead atoms. The van der Waals surface area contributed by atoms with Crippen molar-refractivity contribution in [3.8, 4) is 0 Å². The number of carbonyl (C=O) groups is 1. The second-order valence-corrected chi connectivity index (χ2v) is 6.80. The van der Waals surface area contributed by atoms with Crippen LogP contribution in [0.2, 0.25) is 0 Å². The molecule has 0 N–H and O–H groups in total. The average Bonchev–Trinajstić information content (AvgIpc) is 2.75. The number of ketones is 1. The van der Waals surface area contributed by atoms with Crippen LogP contribution >= 0.6 is 11.8 Å². The van der Waals surface area contributed by atoms with Crippen LogP contribution in [0.1, 0.15) is 42.4 Å². The first kappa shape index (κ1) is 15.2. The van der Waals surface area contributed by atoms with Gasteiger partial charge in [0.05, 0.1) is 5.25 Å². The van der Waals surface area contributed by atoms with Gasteiger partial charge in [0.25, 0.3) is 0 Å². The summed E-state index contributed by atoms with van der Waals surface area (Å²) in [4.78, 5) is 12.4. The summed E-state index contributed by atoms with van der Waals surface area (Å²) >= 11 is 1.43. The number of fused-ring (bicyclic) bond motifs is 1. The predicted molar refractivity (Wildman–Crippen MR) is 83.6 cm³/mol. The number of rotatable bonds is 4. The molecule has 0 unspecified atom stereocenters. The number of benzene rings is 1. The number of Topliss-reactive ketones (excluding diaryl/α,β-unsaturated/α-hetero) is 1. The number of halogens is 1. The maximum atomic E-state index is 12.9. The van der Waals surface area contributed by atoms with Crippen LogP contribution in [0.4, 0.5) is 4.39 Å². The molecule has 0 aliphatic carbocycles. The molecule has 1 aliphatic rings. The second-order valence-electron chi connectivity index (χ2n) is 5.49. The van der Waals surface area contributed by atoms with Crippen molar-refractivity contribution < 1.29 is 9.18 Å². The standard InChI is InChI=1S/C16H18FN3OS/c1-11(15(21)12-6-8-13(17)9-7-12)22-16-19-18-14-5-3-2-4-10-20(14)16/h6-9,11H,2-5,10H2,1H3/t11-/m1/s1. The topological polar surface area (TPSA) is 47.8 Å². The van der Waals surface area contributed by atoms with E-state index in [2.05, 4.69) is 14.8 Å². The Balaban J connectivity index is 1.74. The maximum absolute atomic E-state index is 12.9. The number of aromatic nitrogens is 3. The molecule has 3 rings (SSSR count). The molecule has 0 fully saturated rings. The Hall–Kier alpha value is -1.69. The molecular weight excluding hydrogens is 301 g/mol. The van der Waals surface area contributed by atoms with Gasteiger partial charge in [0.15, 0.2) is 10.9 Å². The van der Waals surface area contributed by atoms with Gasteiger partial charge < -0.3 is 4.57 Å². The molecule has 1 aromatic carbocycles. The first-order valence-corrected chi connectivity index (χ1v) is 8.41. The highest BCUT2D eigenvalue weighted by atomic mass is 32.2. The number of carbonyl (C=O) groups excluding carboxylic acids is 1. The molecule has 1 aliphatic heterocycles. The molecule has 116 valence electrons. The normalized spacial score (nSPS) is 15.9. The second kappa shape index (κ2) is 6.60. The van der Waals surface area contributed by atoms with Crippen LogP contribution in [-0.2, 0) is 13.0 Å². The third-order valence-electron chi connectivity index (χ3n) is 3.86. The van der Waals surface area contributed by atoms with E-state index in [1.807, 2.05) is 6.92 Å². The van der Waals surface area contributed by atoms with Crippen LogP contribution in [0.25, 0.3) is 0 Å². The molecule has 0 saturated heterocycles. The van der Waals surface area contributed by atoms with E-state index in [1.165, 1.54) is 42.4 Å². The van der Waals surface area contributed by atoms with Crippen molar-refractivity contribution in [3.63, 3.8) is 0 Å². The van der Waals surface area contributed by atoms with Gasteiger partial charge >= 0.3 is 0 Å². The fraction of sp³-hybridized carbons (Fsp3) is 0.438. The molecule has 22 heavy (non-hydrogen) atoms. The van der Waals surface area contributed by atoms with Crippen molar-refractivity contribution in [1.29, 1.82) is 0 Å². The van der Waals surface area contributed by atoms with E-state index in [1.54, 1.807) is 0 Å². The van der Waals surface area contributed by atoms with Crippen LogP contribution in [0, 0.1) is 5.82 Å². The summed E-state index contributed by atoms with van der Waals surface area (Å²) < 4.78 is 15.1. The average molecular weight is 319 g/mol.